The fourth-order valence-electron chi connectivity index (χ4n) is 0.342. The van der Waals surface area contributed by atoms with E-state index < -0.39 is 0 Å². The predicted molar refractivity (Wildman–Crippen MR) is 32.4 cm³/mol. The van der Waals surface area contributed by atoms with E-state index in [0.717, 1.165) is 0 Å². The Kier molecular flexibility index (Phi) is 6.29. The molecule has 0 aliphatic heterocycles. The van der Waals surface area contributed by atoms with Gasteiger partial charge >= 0.3 is 21.0 Å². The van der Waals surface area contributed by atoms with Gasteiger partial charge in [0.15, 0.2) is 0 Å². The average Bonchev–Trinajstić information content (AvgIpc) is 1.96. The molecule has 0 radical (unpaired) electrons. The molecule has 1 aromatic rings. The number of hydrogen-bond donors (Lipinski definition) is 0. The molecule has 0 nitrogen and oxygen atoms in total. The molecular formula is C7H7Cu-. The zero-order chi connectivity index (χ0) is 6.24. The summed E-state index contributed by atoms with van der Waals surface area (Å²) >= 11 is 3.94. The summed E-state index contributed by atoms with van der Waals surface area (Å²) in [4.78, 5) is 0. The van der Waals surface area contributed by atoms with E-state index in [2.05, 4.69) is 27.1 Å². The normalized spacial score (nSPS) is 6.75. The van der Waals surface area contributed by atoms with Crippen LogP contribution >= 0.6 is 0 Å². The van der Waals surface area contributed by atoms with Crippen molar-refractivity contribution in [3.63, 3.8) is 0 Å². The largest absolute Gasteiger partial charge is 0.184 e. The van der Waals surface area contributed by atoms with Crippen LogP contribution in [0.4, 0.5) is 0 Å². The summed E-state index contributed by atoms with van der Waals surface area (Å²) in [6, 6.07) is 12.5. The first kappa shape index (κ1) is 7.61. The first-order valence-electron chi connectivity index (χ1n) is 2.12. The van der Waals surface area contributed by atoms with Crippen LogP contribution in [0.1, 0.15) is 0 Å². The van der Waals surface area contributed by atoms with Crippen molar-refractivity contribution in [2.75, 3.05) is 0 Å². The van der Waals surface area contributed by atoms with Crippen molar-refractivity contribution in [2.45, 2.75) is 0 Å². The first-order valence-corrected chi connectivity index (χ1v) is 2.79. The molecule has 0 fully saturated rings. The molecule has 8 heavy (non-hydrogen) atoms. The predicted octanol–water partition coefficient (Wildman–Crippen LogP) is 1.45. The molecule has 0 saturated carbocycles. The third-order valence-electron chi connectivity index (χ3n) is 0.607. The summed E-state index contributed by atoms with van der Waals surface area (Å²) in [6.45, 7) is 0. The van der Waals surface area contributed by atoms with Crippen molar-refractivity contribution in [3.8, 4) is 0 Å². The van der Waals surface area contributed by atoms with Gasteiger partial charge in [-0.2, -0.15) is 36.4 Å². The molecular weight excluding hydrogens is 148 g/mol. The van der Waals surface area contributed by atoms with Crippen molar-refractivity contribution in [2.24, 2.45) is 0 Å². The topological polar surface area (TPSA) is 0 Å². The maximum Gasteiger partial charge on any atom is -0.171 e. The van der Waals surface area contributed by atoms with E-state index in [1.54, 1.807) is 0 Å². The molecule has 47 valence electrons. The Bertz CT molecular complexity index is 87.2. The third kappa shape index (κ3) is 3.79. The van der Waals surface area contributed by atoms with Crippen LogP contribution in [-0.4, -0.2) is 5.42 Å². The molecule has 0 spiro atoms. The number of rotatable bonds is 0. The fraction of sp³-hybridized carbons (Fsp3) is 0. The van der Waals surface area contributed by atoms with Crippen LogP contribution in [0.5, 0.6) is 0 Å². The molecule has 0 atom stereocenters. The molecule has 0 heterocycles. The van der Waals surface area contributed by atoms with Gasteiger partial charge in [0.2, 0.25) is 0 Å². The Morgan fingerprint density at radius 3 is 1.62 bits per heavy atom. The molecule has 1 rings (SSSR count). The fourth-order valence-corrected chi connectivity index (χ4v) is 0.342. The molecule has 0 amide bonds. The summed E-state index contributed by atoms with van der Waals surface area (Å²) in [5, 5.41) is 0. The van der Waals surface area contributed by atoms with Crippen molar-refractivity contribution in [1.29, 1.82) is 0 Å². The van der Waals surface area contributed by atoms with Crippen LogP contribution < -0.4 is 0 Å². The van der Waals surface area contributed by atoms with Gasteiger partial charge in [-0.1, -0.05) is 0 Å². The third-order valence-corrected chi connectivity index (χ3v) is 0.607. The van der Waals surface area contributed by atoms with E-state index in [0.29, 0.717) is 0 Å². The molecule has 0 saturated heterocycles. The van der Waals surface area contributed by atoms with E-state index in [1.165, 1.54) is 0 Å². The van der Waals surface area contributed by atoms with Gasteiger partial charge in [-0.15, -0.1) is 0 Å². The first-order chi connectivity index (χ1) is 4.00. The second-order valence-electron chi connectivity index (χ2n) is 1.08. The van der Waals surface area contributed by atoms with Crippen molar-refractivity contribution >= 4 is 5.42 Å². The monoisotopic (exact) mass is 154 g/mol. The minimum absolute atomic E-state index is 1.88. The van der Waals surface area contributed by atoms with E-state index in [4.69, 9.17) is 0 Å². The summed E-state index contributed by atoms with van der Waals surface area (Å²) in [5.41, 5.74) is 2.81. The second kappa shape index (κ2) is 6.61. The standard InChI is InChI=1S/C6H5.CH2.Cu/c1-2-4-6-5-3-1;;/h1-5H;1H2;/q-1;;. The Morgan fingerprint density at radius 1 is 1.00 bits per heavy atom. The summed E-state index contributed by atoms with van der Waals surface area (Å²) in [7, 11) is 0. The van der Waals surface area contributed by atoms with Crippen LogP contribution in [0.15, 0.2) is 30.3 Å². The van der Waals surface area contributed by atoms with Gasteiger partial charge in [0, 0.05) is 0 Å². The Hall–Kier alpha value is -0.391. The SMILES string of the molecule is [CH2]=[Cu].[c-]1ccccc1. The van der Waals surface area contributed by atoms with Crippen molar-refractivity contribution < 1.29 is 15.6 Å². The quantitative estimate of drug-likeness (QED) is 0.392. The van der Waals surface area contributed by atoms with Crippen molar-refractivity contribution in [3.05, 3.63) is 36.4 Å². The summed E-state index contributed by atoms with van der Waals surface area (Å²) in [5.74, 6) is 0. The van der Waals surface area contributed by atoms with Gasteiger partial charge in [-0.3, -0.25) is 0 Å². The number of hydrogen-bond acceptors (Lipinski definition) is 0. The van der Waals surface area contributed by atoms with Crippen LogP contribution in [-0.2, 0) is 15.6 Å². The van der Waals surface area contributed by atoms with Crippen molar-refractivity contribution in [1.82, 2.24) is 0 Å². The van der Waals surface area contributed by atoms with Crippen LogP contribution in [0.25, 0.3) is 0 Å². The van der Waals surface area contributed by atoms with Gasteiger partial charge in [0.05, 0.1) is 0 Å². The van der Waals surface area contributed by atoms with Gasteiger partial charge in [-0.25, -0.2) is 0 Å². The van der Waals surface area contributed by atoms with E-state index in [-0.39, 0.29) is 0 Å². The van der Waals surface area contributed by atoms with Gasteiger partial charge in [0.1, 0.15) is 0 Å². The Morgan fingerprint density at radius 2 is 1.50 bits per heavy atom. The smallest absolute Gasteiger partial charge is 0.171 e. The van der Waals surface area contributed by atoms with E-state index in [9.17, 15) is 0 Å². The average molecular weight is 155 g/mol. The van der Waals surface area contributed by atoms with Gasteiger partial charge in [-0.05, 0) is 0 Å². The minimum atomic E-state index is 1.88. The minimum Gasteiger partial charge on any atom is -0.184 e. The maximum absolute atomic E-state index is 3.94. The second-order valence-corrected chi connectivity index (χ2v) is 1.08. The van der Waals surface area contributed by atoms with Crippen LogP contribution in [0.2, 0.25) is 0 Å². The zero-order valence-electron chi connectivity index (χ0n) is 4.40. The van der Waals surface area contributed by atoms with Crippen LogP contribution in [0.3, 0.4) is 0 Å². The molecule has 0 unspecified atom stereocenters. The van der Waals surface area contributed by atoms with E-state index >= 15 is 0 Å². The number of benzene rings is 1. The molecule has 1 heteroatoms. The van der Waals surface area contributed by atoms with Gasteiger partial charge in [0.25, 0.3) is 0 Å². The molecule has 1 aromatic carbocycles. The van der Waals surface area contributed by atoms with Crippen LogP contribution in [0, 0.1) is 6.07 Å². The Labute approximate surface area is 57.9 Å². The summed E-state index contributed by atoms with van der Waals surface area (Å²) < 4.78 is 0. The van der Waals surface area contributed by atoms with E-state index in [1.807, 2.05) is 30.3 Å². The van der Waals surface area contributed by atoms with Gasteiger partial charge < -0.3 is 0 Å². The molecule has 0 aliphatic carbocycles. The Balaban J connectivity index is 0.000000222. The molecule has 0 aliphatic rings. The maximum atomic E-state index is 3.94. The molecule has 0 bridgehead atoms. The molecule has 0 N–H and O–H groups in total. The summed E-state index contributed by atoms with van der Waals surface area (Å²) in [6.07, 6.45) is 0. The zero-order valence-corrected chi connectivity index (χ0v) is 5.34. The molecule has 0 aromatic heterocycles.